The molecule has 2 rings (SSSR count). The molecule has 2 unspecified atom stereocenters. The smallest absolute Gasteiger partial charge is 0.273 e. The summed E-state index contributed by atoms with van der Waals surface area (Å²) in [5, 5.41) is 11.0. The molecule has 0 aliphatic carbocycles. The van der Waals surface area contributed by atoms with Crippen LogP contribution in [0.4, 0.5) is 0 Å². The van der Waals surface area contributed by atoms with E-state index >= 15 is 0 Å². The molecule has 1 aromatic carbocycles. The fourth-order valence-corrected chi connectivity index (χ4v) is 2.37. The molecule has 0 radical (unpaired) electrons. The zero-order chi connectivity index (χ0) is 19.8. The van der Waals surface area contributed by atoms with Crippen molar-refractivity contribution in [2.45, 2.75) is 65.5 Å². The topological polar surface area (TPSA) is 97.0 Å². The third-order valence-corrected chi connectivity index (χ3v) is 4.39. The highest BCUT2D eigenvalue weighted by atomic mass is 16.5. The van der Waals surface area contributed by atoms with Crippen LogP contribution in [0.2, 0.25) is 0 Å². The van der Waals surface area contributed by atoms with Crippen molar-refractivity contribution in [1.82, 2.24) is 20.5 Å². The van der Waals surface area contributed by atoms with Gasteiger partial charge in [-0.25, -0.2) is 0 Å². The summed E-state index contributed by atoms with van der Waals surface area (Å²) in [6, 6.07) is 7.49. The molecule has 0 aliphatic rings. The van der Waals surface area contributed by atoms with Crippen LogP contribution in [-0.2, 0) is 11.2 Å². The zero-order valence-corrected chi connectivity index (χ0v) is 16.4. The highest BCUT2D eigenvalue weighted by Crippen LogP contribution is 2.21. The van der Waals surface area contributed by atoms with E-state index in [0.717, 1.165) is 24.2 Å². The lowest BCUT2D eigenvalue weighted by molar-refractivity contribution is -0.121. The Morgan fingerprint density at radius 1 is 1.22 bits per heavy atom. The van der Waals surface area contributed by atoms with Crippen LogP contribution in [0.5, 0.6) is 5.75 Å². The largest absolute Gasteiger partial charge is 0.491 e. The number of amides is 1. The maximum absolute atomic E-state index is 12.3. The number of nitrogens with one attached hydrogen (secondary N) is 2. The average molecular weight is 372 g/mol. The molecule has 1 heterocycles. The van der Waals surface area contributed by atoms with Crippen LogP contribution < -0.4 is 15.6 Å². The standard InChI is InChI=1S/C20H28N4O3/c1-5-13(3)21-18(25)11-10-17-20(26)22-19(24-23-17)15-8-7-9-16(12-15)27-14(4)6-2/h7-9,12-14H,5-6,10-11H2,1-4H3,(H,21,25)(H,22,24,26). The minimum Gasteiger partial charge on any atom is -0.491 e. The summed E-state index contributed by atoms with van der Waals surface area (Å²) in [4.78, 5) is 26.9. The fourth-order valence-electron chi connectivity index (χ4n) is 2.37. The molecule has 27 heavy (non-hydrogen) atoms. The van der Waals surface area contributed by atoms with Gasteiger partial charge in [-0.2, -0.15) is 0 Å². The summed E-state index contributed by atoms with van der Waals surface area (Å²) in [7, 11) is 0. The van der Waals surface area contributed by atoms with Crippen molar-refractivity contribution in [2.75, 3.05) is 0 Å². The van der Waals surface area contributed by atoms with Crippen LogP contribution in [0.25, 0.3) is 11.4 Å². The molecule has 2 atom stereocenters. The molecule has 0 spiro atoms. The minimum absolute atomic E-state index is 0.0930. The minimum atomic E-state index is -0.329. The Hall–Kier alpha value is -2.70. The lowest BCUT2D eigenvalue weighted by Gasteiger charge is -2.13. The number of aryl methyl sites for hydroxylation is 1. The number of benzene rings is 1. The second-order valence-corrected chi connectivity index (χ2v) is 6.69. The number of hydrogen-bond donors (Lipinski definition) is 2. The Morgan fingerprint density at radius 3 is 2.67 bits per heavy atom. The second-order valence-electron chi connectivity index (χ2n) is 6.69. The van der Waals surface area contributed by atoms with Gasteiger partial charge in [-0.1, -0.05) is 26.0 Å². The third kappa shape index (κ3) is 6.20. The van der Waals surface area contributed by atoms with Crippen molar-refractivity contribution in [3.63, 3.8) is 0 Å². The molecule has 7 heteroatoms. The number of hydrogen-bond acceptors (Lipinski definition) is 5. The van der Waals surface area contributed by atoms with Gasteiger partial charge in [-0.05, 0) is 38.8 Å². The first kappa shape index (κ1) is 20.6. The quantitative estimate of drug-likeness (QED) is 0.705. The summed E-state index contributed by atoms with van der Waals surface area (Å²) < 4.78 is 5.80. The Kier molecular flexibility index (Phi) is 7.52. The molecule has 0 saturated heterocycles. The first-order valence-electron chi connectivity index (χ1n) is 9.45. The number of ether oxygens (including phenoxy) is 1. The molecular weight excluding hydrogens is 344 g/mol. The second kappa shape index (κ2) is 9.85. The molecular formula is C20H28N4O3. The monoisotopic (exact) mass is 372 g/mol. The Bertz CT molecular complexity index is 819. The highest BCUT2D eigenvalue weighted by molar-refractivity contribution is 5.76. The van der Waals surface area contributed by atoms with Crippen molar-refractivity contribution in [2.24, 2.45) is 0 Å². The lowest BCUT2D eigenvalue weighted by Crippen LogP contribution is -2.32. The van der Waals surface area contributed by atoms with Gasteiger partial charge < -0.3 is 15.0 Å². The number of nitrogens with zero attached hydrogens (tertiary/aromatic N) is 2. The van der Waals surface area contributed by atoms with Crippen LogP contribution in [-0.4, -0.2) is 33.2 Å². The summed E-state index contributed by atoms with van der Waals surface area (Å²) in [5.74, 6) is 1.00. The van der Waals surface area contributed by atoms with E-state index in [2.05, 4.69) is 27.4 Å². The van der Waals surface area contributed by atoms with E-state index in [1.807, 2.05) is 45.0 Å². The van der Waals surface area contributed by atoms with Gasteiger partial charge in [0.1, 0.15) is 11.4 Å². The predicted octanol–water partition coefficient (Wildman–Crippen LogP) is 2.86. The average Bonchev–Trinajstić information content (AvgIpc) is 2.66. The molecule has 2 aromatic rings. The van der Waals surface area contributed by atoms with Crippen molar-refractivity contribution in [3.8, 4) is 17.1 Å². The van der Waals surface area contributed by atoms with E-state index in [0.29, 0.717) is 5.82 Å². The van der Waals surface area contributed by atoms with Gasteiger partial charge in [0.05, 0.1) is 6.10 Å². The summed E-state index contributed by atoms with van der Waals surface area (Å²) >= 11 is 0. The summed E-state index contributed by atoms with van der Waals surface area (Å²) in [6.45, 7) is 8.00. The molecule has 2 N–H and O–H groups in total. The third-order valence-electron chi connectivity index (χ3n) is 4.39. The van der Waals surface area contributed by atoms with Gasteiger partial charge in [-0.15, -0.1) is 10.2 Å². The number of rotatable bonds is 9. The van der Waals surface area contributed by atoms with Crippen LogP contribution in [0.15, 0.2) is 29.1 Å². The van der Waals surface area contributed by atoms with Crippen LogP contribution in [0.1, 0.15) is 52.7 Å². The van der Waals surface area contributed by atoms with Crippen molar-refractivity contribution in [3.05, 3.63) is 40.3 Å². The van der Waals surface area contributed by atoms with Crippen LogP contribution >= 0.6 is 0 Å². The number of aromatic nitrogens is 3. The Balaban J connectivity index is 2.07. The van der Waals surface area contributed by atoms with Gasteiger partial charge in [0.2, 0.25) is 5.91 Å². The lowest BCUT2D eigenvalue weighted by atomic mass is 10.2. The number of H-pyrrole nitrogens is 1. The summed E-state index contributed by atoms with van der Waals surface area (Å²) in [6.07, 6.45) is 2.33. The van der Waals surface area contributed by atoms with E-state index in [1.165, 1.54) is 0 Å². The molecule has 146 valence electrons. The van der Waals surface area contributed by atoms with E-state index in [4.69, 9.17) is 4.74 Å². The van der Waals surface area contributed by atoms with Crippen molar-refractivity contribution in [1.29, 1.82) is 0 Å². The van der Waals surface area contributed by atoms with Gasteiger partial charge in [0.25, 0.3) is 5.56 Å². The Labute approximate surface area is 159 Å². The molecule has 0 saturated carbocycles. The predicted molar refractivity (Wildman–Crippen MR) is 105 cm³/mol. The highest BCUT2D eigenvalue weighted by Gasteiger charge is 2.11. The van der Waals surface area contributed by atoms with Gasteiger partial charge in [-0.3, -0.25) is 9.59 Å². The van der Waals surface area contributed by atoms with E-state index in [9.17, 15) is 9.59 Å². The number of carbonyl (C=O) groups excluding carboxylic acids is 1. The van der Waals surface area contributed by atoms with Crippen LogP contribution in [0.3, 0.4) is 0 Å². The molecule has 1 amide bonds. The first-order valence-corrected chi connectivity index (χ1v) is 9.45. The van der Waals surface area contributed by atoms with E-state index < -0.39 is 0 Å². The van der Waals surface area contributed by atoms with Gasteiger partial charge in [0, 0.05) is 24.4 Å². The molecule has 0 fully saturated rings. The normalized spacial score (nSPS) is 13.0. The van der Waals surface area contributed by atoms with E-state index in [-0.39, 0.29) is 42.1 Å². The van der Waals surface area contributed by atoms with E-state index in [1.54, 1.807) is 0 Å². The Morgan fingerprint density at radius 2 is 2.00 bits per heavy atom. The first-order chi connectivity index (χ1) is 12.9. The number of aromatic amines is 1. The van der Waals surface area contributed by atoms with Crippen molar-refractivity contribution >= 4 is 5.91 Å². The SMILES string of the molecule is CCC(C)NC(=O)CCc1nnc(-c2cccc(OC(C)CC)c2)[nH]c1=O. The molecule has 1 aromatic heterocycles. The van der Waals surface area contributed by atoms with Crippen LogP contribution in [0, 0.1) is 0 Å². The molecule has 0 aliphatic heterocycles. The summed E-state index contributed by atoms with van der Waals surface area (Å²) in [5.41, 5.74) is 0.649. The van der Waals surface area contributed by atoms with Gasteiger partial charge >= 0.3 is 0 Å². The maximum atomic E-state index is 12.3. The maximum Gasteiger partial charge on any atom is 0.273 e. The molecule has 7 nitrogen and oxygen atoms in total. The van der Waals surface area contributed by atoms with Crippen molar-refractivity contribution < 1.29 is 9.53 Å². The molecule has 0 bridgehead atoms. The van der Waals surface area contributed by atoms with Gasteiger partial charge in [0.15, 0.2) is 5.82 Å². The fraction of sp³-hybridized carbons (Fsp3) is 0.500. The number of carbonyl (C=O) groups is 1. The zero-order valence-electron chi connectivity index (χ0n) is 16.4.